The number of carbonyl (C=O) groups excluding carboxylic acids is 1. The first-order valence-corrected chi connectivity index (χ1v) is 6.19. The number of oxazole rings is 1. The number of carbonyl (C=O) groups is 1. The summed E-state index contributed by atoms with van der Waals surface area (Å²) in [6, 6.07) is 4.14. The molecule has 0 radical (unpaired) electrons. The number of anilines is 1. The average Bonchev–Trinajstić information content (AvgIpc) is 2.84. The lowest BCUT2D eigenvalue weighted by Crippen LogP contribution is -2.28. The van der Waals surface area contributed by atoms with Crippen molar-refractivity contribution in [1.29, 1.82) is 0 Å². The minimum atomic E-state index is -0.595. The molecular formula is C14H12ClFN2O2. The maximum absolute atomic E-state index is 13.5. The Balaban J connectivity index is 2.34. The van der Waals surface area contributed by atoms with E-state index in [0.717, 1.165) is 6.08 Å². The van der Waals surface area contributed by atoms with E-state index in [1.807, 2.05) is 0 Å². The van der Waals surface area contributed by atoms with Crippen molar-refractivity contribution in [2.24, 2.45) is 0 Å². The quantitative estimate of drug-likeness (QED) is 0.811. The summed E-state index contributed by atoms with van der Waals surface area (Å²) in [4.78, 5) is 17.4. The van der Waals surface area contributed by atoms with Gasteiger partial charge in [-0.25, -0.2) is 9.37 Å². The fraction of sp³-hybridized carbons (Fsp3) is 0.143. The molecule has 20 heavy (non-hydrogen) atoms. The zero-order valence-electron chi connectivity index (χ0n) is 10.8. The third kappa shape index (κ3) is 3.05. The molecule has 4 nitrogen and oxygen atoms in total. The highest BCUT2D eigenvalue weighted by molar-refractivity contribution is 6.30. The van der Waals surface area contributed by atoms with Gasteiger partial charge in [0.1, 0.15) is 12.1 Å². The van der Waals surface area contributed by atoms with Gasteiger partial charge in [0.2, 0.25) is 0 Å². The second-order valence-corrected chi connectivity index (χ2v) is 4.49. The Bertz CT molecular complexity index is 654. The largest absolute Gasteiger partial charge is 0.449 e. The van der Waals surface area contributed by atoms with Crippen LogP contribution < -0.4 is 4.90 Å². The van der Waals surface area contributed by atoms with Crippen molar-refractivity contribution in [2.75, 3.05) is 4.90 Å². The maximum Gasteiger partial charge on any atom is 0.250 e. The number of aryl methyl sites for hydroxylation is 1. The predicted molar refractivity (Wildman–Crippen MR) is 74.0 cm³/mol. The van der Waals surface area contributed by atoms with Crippen LogP contribution in [0.25, 0.3) is 0 Å². The summed E-state index contributed by atoms with van der Waals surface area (Å²) in [6.45, 7) is 5.29. The first-order valence-electron chi connectivity index (χ1n) is 5.81. The van der Waals surface area contributed by atoms with Gasteiger partial charge in [-0.1, -0.05) is 18.2 Å². The molecule has 0 atom stereocenters. The smallest absolute Gasteiger partial charge is 0.250 e. The highest BCUT2D eigenvalue weighted by Crippen LogP contribution is 2.23. The Morgan fingerprint density at radius 1 is 1.60 bits per heavy atom. The van der Waals surface area contributed by atoms with Crippen LogP contribution in [0.3, 0.4) is 0 Å². The monoisotopic (exact) mass is 294 g/mol. The van der Waals surface area contributed by atoms with Gasteiger partial charge in [-0.3, -0.25) is 4.79 Å². The van der Waals surface area contributed by atoms with Gasteiger partial charge in [-0.2, -0.15) is 0 Å². The van der Waals surface area contributed by atoms with Crippen LogP contribution >= 0.6 is 11.6 Å². The molecule has 0 bridgehead atoms. The fourth-order valence-electron chi connectivity index (χ4n) is 1.70. The maximum atomic E-state index is 13.5. The Kier molecular flexibility index (Phi) is 4.20. The normalized spacial score (nSPS) is 10.3. The van der Waals surface area contributed by atoms with E-state index in [-0.39, 0.29) is 17.5 Å². The molecule has 0 fully saturated rings. The molecule has 1 aromatic heterocycles. The van der Waals surface area contributed by atoms with E-state index in [2.05, 4.69) is 11.6 Å². The van der Waals surface area contributed by atoms with Gasteiger partial charge in [0.25, 0.3) is 5.91 Å². The topological polar surface area (TPSA) is 46.3 Å². The average molecular weight is 295 g/mol. The number of hydrogen-bond donors (Lipinski definition) is 0. The zero-order chi connectivity index (χ0) is 14.7. The third-order valence-corrected chi connectivity index (χ3v) is 2.95. The van der Waals surface area contributed by atoms with Gasteiger partial charge in [0.15, 0.2) is 5.89 Å². The number of nitrogens with zero attached hydrogens (tertiary/aromatic N) is 2. The molecule has 1 amide bonds. The second-order valence-electron chi connectivity index (χ2n) is 4.08. The summed E-state index contributed by atoms with van der Waals surface area (Å²) >= 11 is 5.64. The summed E-state index contributed by atoms with van der Waals surface area (Å²) in [5.41, 5.74) is 0.936. The van der Waals surface area contributed by atoms with Gasteiger partial charge in [0, 0.05) is 12.6 Å². The van der Waals surface area contributed by atoms with E-state index in [0.29, 0.717) is 17.3 Å². The zero-order valence-corrected chi connectivity index (χ0v) is 11.5. The van der Waals surface area contributed by atoms with Crippen LogP contribution in [0.15, 0.2) is 41.5 Å². The number of halogens is 2. The van der Waals surface area contributed by atoms with Crippen molar-refractivity contribution in [3.05, 3.63) is 59.5 Å². The van der Waals surface area contributed by atoms with Crippen LogP contribution in [0.1, 0.15) is 11.6 Å². The lowest BCUT2D eigenvalue weighted by atomic mass is 10.2. The Hall–Kier alpha value is -2.14. The van der Waals surface area contributed by atoms with E-state index >= 15 is 0 Å². The highest BCUT2D eigenvalue weighted by atomic mass is 35.5. The Morgan fingerprint density at radius 2 is 2.35 bits per heavy atom. The molecule has 0 saturated carbocycles. The summed E-state index contributed by atoms with van der Waals surface area (Å²) in [5.74, 6) is -0.469. The molecule has 6 heteroatoms. The Labute approximate surface area is 120 Å². The fourth-order valence-corrected chi connectivity index (χ4v) is 1.82. The van der Waals surface area contributed by atoms with Crippen molar-refractivity contribution < 1.29 is 13.6 Å². The van der Waals surface area contributed by atoms with E-state index in [1.165, 1.54) is 23.3 Å². The van der Waals surface area contributed by atoms with Gasteiger partial charge in [0.05, 0.1) is 17.3 Å². The van der Waals surface area contributed by atoms with E-state index < -0.39 is 5.82 Å². The molecule has 0 unspecified atom stereocenters. The second kappa shape index (κ2) is 5.88. The number of hydrogen-bond acceptors (Lipinski definition) is 3. The first kappa shape index (κ1) is 14.3. The molecule has 0 aliphatic rings. The van der Waals surface area contributed by atoms with Crippen molar-refractivity contribution in [1.82, 2.24) is 4.98 Å². The van der Waals surface area contributed by atoms with Crippen LogP contribution in [-0.4, -0.2) is 10.9 Å². The van der Waals surface area contributed by atoms with Crippen molar-refractivity contribution in [3.8, 4) is 0 Å². The first-order chi connectivity index (χ1) is 9.51. The molecular weight excluding hydrogens is 283 g/mol. The van der Waals surface area contributed by atoms with Crippen LogP contribution in [0.2, 0.25) is 5.02 Å². The molecule has 0 aliphatic heterocycles. The van der Waals surface area contributed by atoms with Crippen molar-refractivity contribution >= 4 is 23.2 Å². The molecule has 1 heterocycles. The van der Waals surface area contributed by atoms with Crippen LogP contribution in [-0.2, 0) is 11.3 Å². The summed E-state index contributed by atoms with van der Waals surface area (Å²) in [6.07, 6.45) is 2.60. The van der Waals surface area contributed by atoms with Gasteiger partial charge in [-0.05, 0) is 24.3 Å². The molecule has 0 aliphatic carbocycles. The molecule has 0 saturated heterocycles. The molecule has 0 N–H and O–H groups in total. The minimum absolute atomic E-state index is 0.00275. The summed E-state index contributed by atoms with van der Waals surface area (Å²) in [7, 11) is 0. The number of rotatable bonds is 4. The van der Waals surface area contributed by atoms with E-state index in [1.54, 1.807) is 13.0 Å². The van der Waals surface area contributed by atoms with Crippen LogP contribution in [0, 0.1) is 12.7 Å². The molecule has 1 aromatic carbocycles. The lowest BCUT2D eigenvalue weighted by molar-refractivity contribution is -0.114. The third-order valence-electron chi connectivity index (χ3n) is 2.64. The van der Waals surface area contributed by atoms with Crippen molar-refractivity contribution in [3.63, 3.8) is 0 Å². The number of aromatic nitrogens is 1. The number of benzene rings is 1. The molecule has 2 aromatic rings. The SMILES string of the molecule is C=CC(=O)N(Cc1coc(C)n1)c1ccc(Cl)c(F)c1. The van der Waals surface area contributed by atoms with Crippen LogP contribution in [0.4, 0.5) is 10.1 Å². The highest BCUT2D eigenvalue weighted by Gasteiger charge is 2.16. The van der Waals surface area contributed by atoms with Gasteiger partial charge in [-0.15, -0.1) is 0 Å². The molecule has 0 spiro atoms. The van der Waals surface area contributed by atoms with Gasteiger partial charge >= 0.3 is 0 Å². The van der Waals surface area contributed by atoms with Crippen molar-refractivity contribution in [2.45, 2.75) is 13.5 Å². The summed E-state index contributed by atoms with van der Waals surface area (Å²) in [5, 5.41) is -0.00275. The van der Waals surface area contributed by atoms with E-state index in [9.17, 15) is 9.18 Å². The predicted octanol–water partition coefficient (Wildman–Crippen LogP) is 3.49. The van der Waals surface area contributed by atoms with E-state index in [4.69, 9.17) is 16.0 Å². The molecule has 2 rings (SSSR count). The van der Waals surface area contributed by atoms with Gasteiger partial charge < -0.3 is 9.32 Å². The Morgan fingerprint density at radius 3 is 2.90 bits per heavy atom. The summed E-state index contributed by atoms with van der Waals surface area (Å²) < 4.78 is 18.6. The number of amides is 1. The lowest BCUT2D eigenvalue weighted by Gasteiger charge is -2.20. The molecule has 104 valence electrons. The standard InChI is InChI=1S/C14H12ClFN2O2/c1-3-14(19)18(7-10-8-20-9(2)17-10)11-4-5-12(15)13(16)6-11/h3-6,8H,1,7H2,2H3. The van der Waals surface area contributed by atoms with Crippen LogP contribution in [0.5, 0.6) is 0 Å². The minimum Gasteiger partial charge on any atom is -0.449 e.